The van der Waals surface area contributed by atoms with Crippen LogP contribution in [0.2, 0.25) is 0 Å². The predicted molar refractivity (Wildman–Crippen MR) is 95.7 cm³/mol. The van der Waals surface area contributed by atoms with Crippen LogP contribution in [0.25, 0.3) is 0 Å². The minimum atomic E-state index is -3.68. The molecular formula is C18H21FN2O4S. The standard InChI is InChI=1S/C18H21FN2O4S/c1-13(12-25-2)21-26(23,24)17-9-5-15(6-10-17)18(22)20-11-14-3-7-16(19)8-4-14/h3-10,13,21H,11-12H2,1-2H3,(H,20,22)/t13-/m1/s1. The molecule has 0 aliphatic rings. The lowest BCUT2D eigenvalue weighted by Crippen LogP contribution is -2.35. The summed E-state index contributed by atoms with van der Waals surface area (Å²) in [5, 5.41) is 2.70. The van der Waals surface area contributed by atoms with Crippen molar-refractivity contribution in [1.82, 2.24) is 10.0 Å². The zero-order valence-electron chi connectivity index (χ0n) is 14.5. The van der Waals surface area contributed by atoms with Crippen LogP contribution in [-0.2, 0) is 21.3 Å². The number of rotatable bonds is 8. The molecule has 6 nitrogen and oxygen atoms in total. The summed E-state index contributed by atoms with van der Waals surface area (Å²) in [5.74, 6) is -0.690. The molecule has 0 aliphatic heterocycles. The summed E-state index contributed by atoms with van der Waals surface area (Å²) in [4.78, 5) is 12.2. The first-order chi connectivity index (χ1) is 12.3. The predicted octanol–water partition coefficient (Wildman–Crippen LogP) is 2.07. The summed E-state index contributed by atoms with van der Waals surface area (Å²) in [7, 11) is -2.19. The van der Waals surface area contributed by atoms with E-state index in [0.29, 0.717) is 5.56 Å². The fourth-order valence-electron chi connectivity index (χ4n) is 2.29. The Labute approximate surface area is 152 Å². The normalized spacial score (nSPS) is 12.6. The molecule has 2 N–H and O–H groups in total. The molecule has 2 aromatic rings. The highest BCUT2D eigenvalue weighted by molar-refractivity contribution is 7.89. The zero-order chi connectivity index (χ0) is 19.2. The molecule has 26 heavy (non-hydrogen) atoms. The Bertz CT molecular complexity index is 836. The van der Waals surface area contributed by atoms with E-state index >= 15 is 0 Å². The van der Waals surface area contributed by atoms with Gasteiger partial charge in [0.2, 0.25) is 10.0 Å². The van der Waals surface area contributed by atoms with Gasteiger partial charge in [0.15, 0.2) is 0 Å². The molecule has 2 rings (SSSR count). The summed E-state index contributed by atoms with van der Waals surface area (Å²) in [6.45, 7) is 2.19. The molecule has 0 aliphatic carbocycles. The van der Waals surface area contributed by atoms with Gasteiger partial charge in [-0.15, -0.1) is 0 Å². The molecule has 0 spiro atoms. The number of nitrogens with one attached hydrogen (secondary N) is 2. The lowest BCUT2D eigenvalue weighted by molar-refractivity contribution is 0.0951. The van der Waals surface area contributed by atoms with Crippen molar-refractivity contribution in [2.75, 3.05) is 13.7 Å². The Balaban J connectivity index is 1.99. The Morgan fingerprint density at radius 3 is 2.31 bits per heavy atom. The zero-order valence-corrected chi connectivity index (χ0v) is 15.3. The molecule has 0 radical (unpaired) electrons. The summed E-state index contributed by atoms with van der Waals surface area (Å²) in [6, 6.07) is 11.0. The molecule has 0 saturated carbocycles. The summed E-state index contributed by atoms with van der Waals surface area (Å²) < 4.78 is 44.7. The van der Waals surface area contributed by atoms with E-state index < -0.39 is 10.0 Å². The van der Waals surface area contributed by atoms with Gasteiger partial charge in [-0.2, -0.15) is 0 Å². The van der Waals surface area contributed by atoms with Crippen LogP contribution in [0.1, 0.15) is 22.8 Å². The first-order valence-corrected chi connectivity index (χ1v) is 9.44. The Hall–Kier alpha value is -2.29. The van der Waals surface area contributed by atoms with Crippen molar-refractivity contribution in [2.24, 2.45) is 0 Å². The number of carbonyl (C=O) groups is 1. The minimum absolute atomic E-state index is 0.0653. The lowest BCUT2D eigenvalue weighted by Gasteiger charge is -2.13. The topological polar surface area (TPSA) is 84.5 Å². The molecule has 1 atom stereocenters. The number of amides is 1. The minimum Gasteiger partial charge on any atom is -0.383 e. The van der Waals surface area contributed by atoms with Gasteiger partial charge < -0.3 is 10.1 Å². The van der Waals surface area contributed by atoms with Crippen LogP contribution in [0.3, 0.4) is 0 Å². The van der Waals surface area contributed by atoms with Gasteiger partial charge in [0.1, 0.15) is 5.82 Å². The number of carbonyl (C=O) groups excluding carboxylic acids is 1. The van der Waals surface area contributed by atoms with E-state index in [1.165, 1.54) is 43.5 Å². The van der Waals surface area contributed by atoms with Gasteiger partial charge in [-0.05, 0) is 48.9 Å². The molecule has 0 aromatic heterocycles. The number of halogens is 1. The van der Waals surface area contributed by atoms with Crippen molar-refractivity contribution in [1.29, 1.82) is 0 Å². The number of benzene rings is 2. The van der Waals surface area contributed by atoms with Crippen LogP contribution in [-0.4, -0.2) is 34.1 Å². The molecule has 0 fully saturated rings. The number of methoxy groups -OCH3 is 1. The van der Waals surface area contributed by atoms with Crippen LogP contribution >= 0.6 is 0 Å². The first kappa shape index (κ1) is 20.0. The number of ether oxygens (including phenoxy) is 1. The van der Waals surface area contributed by atoms with Crippen LogP contribution in [0.5, 0.6) is 0 Å². The SMILES string of the molecule is COC[C@@H](C)NS(=O)(=O)c1ccc(C(=O)NCc2ccc(F)cc2)cc1. The smallest absolute Gasteiger partial charge is 0.251 e. The first-order valence-electron chi connectivity index (χ1n) is 7.96. The van der Waals surface area contributed by atoms with Gasteiger partial charge in [0.25, 0.3) is 5.91 Å². The molecule has 2 aromatic carbocycles. The average Bonchev–Trinajstić information content (AvgIpc) is 2.61. The van der Waals surface area contributed by atoms with Gasteiger partial charge in [-0.1, -0.05) is 12.1 Å². The largest absolute Gasteiger partial charge is 0.383 e. The molecule has 0 saturated heterocycles. The second-order valence-corrected chi connectivity index (χ2v) is 7.53. The lowest BCUT2D eigenvalue weighted by atomic mass is 10.2. The molecule has 140 valence electrons. The quantitative estimate of drug-likeness (QED) is 0.734. The van der Waals surface area contributed by atoms with E-state index in [0.717, 1.165) is 5.56 Å². The maximum Gasteiger partial charge on any atom is 0.251 e. The molecule has 8 heteroatoms. The highest BCUT2D eigenvalue weighted by atomic mass is 32.2. The van der Waals surface area contributed by atoms with Gasteiger partial charge in [0.05, 0.1) is 11.5 Å². The molecule has 0 heterocycles. The number of sulfonamides is 1. The number of hydrogen-bond donors (Lipinski definition) is 2. The van der Waals surface area contributed by atoms with Crippen molar-refractivity contribution < 1.29 is 22.3 Å². The van der Waals surface area contributed by atoms with Crippen LogP contribution in [0, 0.1) is 5.82 Å². The van der Waals surface area contributed by atoms with Gasteiger partial charge in [0, 0.05) is 25.3 Å². The number of hydrogen-bond acceptors (Lipinski definition) is 4. The molecule has 1 amide bonds. The Morgan fingerprint density at radius 2 is 1.73 bits per heavy atom. The second-order valence-electron chi connectivity index (χ2n) is 5.81. The molecular weight excluding hydrogens is 359 g/mol. The molecule has 0 bridgehead atoms. The van der Waals surface area contributed by atoms with E-state index in [1.54, 1.807) is 19.1 Å². The molecule has 0 unspecified atom stereocenters. The third kappa shape index (κ3) is 5.62. The maximum absolute atomic E-state index is 12.9. The van der Waals surface area contributed by atoms with Crippen molar-refractivity contribution in [2.45, 2.75) is 24.4 Å². The van der Waals surface area contributed by atoms with E-state index in [-0.39, 0.29) is 35.8 Å². The maximum atomic E-state index is 12.9. The van der Waals surface area contributed by atoms with Crippen molar-refractivity contribution in [3.8, 4) is 0 Å². The fraction of sp³-hybridized carbons (Fsp3) is 0.278. The van der Waals surface area contributed by atoms with Crippen molar-refractivity contribution in [3.63, 3.8) is 0 Å². The van der Waals surface area contributed by atoms with Crippen molar-refractivity contribution >= 4 is 15.9 Å². The third-order valence-corrected chi connectivity index (χ3v) is 5.17. The van der Waals surface area contributed by atoms with E-state index in [1.807, 2.05) is 0 Å². The highest BCUT2D eigenvalue weighted by Crippen LogP contribution is 2.12. The van der Waals surface area contributed by atoms with E-state index in [4.69, 9.17) is 4.74 Å². The monoisotopic (exact) mass is 380 g/mol. The van der Waals surface area contributed by atoms with Gasteiger partial charge >= 0.3 is 0 Å². The Kier molecular flexibility index (Phi) is 6.84. The summed E-state index contributed by atoms with van der Waals surface area (Å²) in [5.41, 5.74) is 1.09. The Morgan fingerprint density at radius 1 is 1.12 bits per heavy atom. The second kappa shape index (κ2) is 8.88. The summed E-state index contributed by atoms with van der Waals surface area (Å²) in [6.07, 6.45) is 0. The van der Waals surface area contributed by atoms with Crippen LogP contribution < -0.4 is 10.0 Å². The van der Waals surface area contributed by atoms with E-state index in [9.17, 15) is 17.6 Å². The van der Waals surface area contributed by atoms with Crippen LogP contribution in [0.4, 0.5) is 4.39 Å². The van der Waals surface area contributed by atoms with Gasteiger partial charge in [-0.3, -0.25) is 4.79 Å². The average molecular weight is 380 g/mol. The van der Waals surface area contributed by atoms with Crippen LogP contribution in [0.15, 0.2) is 53.4 Å². The van der Waals surface area contributed by atoms with Crippen molar-refractivity contribution in [3.05, 3.63) is 65.5 Å². The summed E-state index contributed by atoms with van der Waals surface area (Å²) >= 11 is 0. The van der Waals surface area contributed by atoms with Gasteiger partial charge in [-0.25, -0.2) is 17.5 Å². The highest BCUT2D eigenvalue weighted by Gasteiger charge is 2.17. The van der Waals surface area contributed by atoms with E-state index in [2.05, 4.69) is 10.0 Å². The fourth-order valence-corrected chi connectivity index (χ4v) is 3.52. The third-order valence-electron chi connectivity index (χ3n) is 3.57.